The van der Waals surface area contributed by atoms with Crippen molar-refractivity contribution in [2.45, 2.75) is 6.42 Å². The lowest BCUT2D eigenvalue weighted by atomic mass is 10.1. The first kappa shape index (κ1) is 13.2. The van der Waals surface area contributed by atoms with E-state index in [-0.39, 0.29) is 12.0 Å². The Morgan fingerprint density at radius 2 is 2.00 bits per heavy atom. The first-order valence-electron chi connectivity index (χ1n) is 4.28. The fourth-order valence-corrected chi connectivity index (χ4v) is 1.88. The van der Waals surface area contributed by atoms with Crippen LogP contribution in [0.25, 0.3) is 0 Å². The smallest absolute Gasteiger partial charge is 0.232 e. The van der Waals surface area contributed by atoms with E-state index in [4.69, 9.17) is 10.7 Å². The molecule has 16 heavy (non-hydrogen) atoms. The predicted octanol–water partition coefficient (Wildman–Crippen LogP) is 2.08. The summed E-state index contributed by atoms with van der Waals surface area (Å²) in [6.07, 6.45) is -0.131. The molecule has 0 aliphatic rings. The van der Waals surface area contributed by atoms with Crippen LogP contribution in [0.15, 0.2) is 12.1 Å². The largest absolute Gasteiger partial charge is 0.491 e. The van der Waals surface area contributed by atoms with Gasteiger partial charge in [-0.25, -0.2) is 17.2 Å². The lowest BCUT2D eigenvalue weighted by Crippen LogP contribution is -2.04. The normalized spacial score (nSPS) is 11.5. The van der Waals surface area contributed by atoms with Crippen molar-refractivity contribution in [3.63, 3.8) is 0 Å². The van der Waals surface area contributed by atoms with Crippen LogP contribution in [0.5, 0.6) is 5.75 Å². The van der Waals surface area contributed by atoms with Gasteiger partial charge in [-0.05, 0) is 18.1 Å². The molecule has 3 nitrogen and oxygen atoms in total. The number of ether oxygens (including phenoxy) is 1. The van der Waals surface area contributed by atoms with E-state index >= 15 is 0 Å². The van der Waals surface area contributed by atoms with Crippen molar-refractivity contribution in [3.05, 3.63) is 29.3 Å². The quantitative estimate of drug-likeness (QED) is 0.787. The molecule has 0 radical (unpaired) electrons. The highest BCUT2D eigenvalue weighted by Gasteiger charge is 2.15. The minimum absolute atomic E-state index is 0.0440. The Balaban J connectivity index is 2.98. The fraction of sp³-hybridized carbons (Fsp3) is 0.333. The lowest BCUT2D eigenvalue weighted by molar-refractivity contribution is 0.358. The van der Waals surface area contributed by atoms with Crippen LogP contribution in [0.3, 0.4) is 0 Å². The second-order valence-corrected chi connectivity index (χ2v) is 5.94. The Bertz CT molecular complexity index is 488. The summed E-state index contributed by atoms with van der Waals surface area (Å²) in [7, 11) is 2.42. The van der Waals surface area contributed by atoms with Gasteiger partial charge in [0.25, 0.3) is 0 Å². The average molecular weight is 271 g/mol. The van der Waals surface area contributed by atoms with E-state index in [0.29, 0.717) is 0 Å². The van der Waals surface area contributed by atoms with Crippen LogP contribution in [0.1, 0.15) is 5.56 Å². The molecule has 0 saturated carbocycles. The minimum Gasteiger partial charge on any atom is -0.491 e. The van der Waals surface area contributed by atoms with Gasteiger partial charge in [-0.1, -0.05) is 6.07 Å². The van der Waals surface area contributed by atoms with Gasteiger partial charge in [0, 0.05) is 10.7 Å². The molecule has 0 spiro atoms. The zero-order chi connectivity index (χ0) is 12.3. The maximum absolute atomic E-state index is 13.5. The Morgan fingerprint density at radius 1 is 1.38 bits per heavy atom. The molecule has 1 rings (SSSR count). The third kappa shape index (κ3) is 3.31. The number of methoxy groups -OCH3 is 1. The van der Waals surface area contributed by atoms with Crippen LogP contribution in [0, 0.1) is 11.6 Å². The SMILES string of the molecule is COc1c(F)ccc(CCS(=O)(=O)Cl)c1F. The molecule has 0 N–H and O–H groups in total. The maximum atomic E-state index is 13.5. The summed E-state index contributed by atoms with van der Waals surface area (Å²) >= 11 is 0. The molecule has 0 aliphatic carbocycles. The summed E-state index contributed by atoms with van der Waals surface area (Å²) in [4.78, 5) is 0. The van der Waals surface area contributed by atoms with Gasteiger partial charge in [0.05, 0.1) is 12.9 Å². The Kier molecular flexibility index (Phi) is 4.09. The summed E-state index contributed by atoms with van der Waals surface area (Å²) in [6, 6.07) is 2.17. The fourth-order valence-electron chi connectivity index (χ4n) is 1.19. The second kappa shape index (κ2) is 4.97. The van der Waals surface area contributed by atoms with E-state index in [1.165, 1.54) is 0 Å². The Labute approximate surface area is 96.4 Å². The number of rotatable bonds is 4. The van der Waals surface area contributed by atoms with Crippen molar-refractivity contribution < 1.29 is 21.9 Å². The predicted molar refractivity (Wildman–Crippen MR) is 56.3 cm³/mol. The van der Waals surface area contributed by atoms with E-state index in [9.17, 15) is 17.2 Å². The third-order valence-electron chi connectivity index (χ3n) is 1.95. The van der Waals surface area contributed by atoms with E-state index in [2.05, 4.69) is 4.74 Å². The molecular formula is C9H9ClF2O3S. The molecular weight excluding hydrogens is 262 g/mol. The van der Waals surface area contributed by atoms with Gasteiger partial charge in [0.2, 0.25) is 9.05 Å². The lowest BCUT2D eigenvalue weighted by Gasteiger charge is -2.07. The summed E-state index contributed by atoms with van der Waals surface area (Å²) in [5.41, 5.74) is 0.0440. The summed E-state index contributed by atoms with van der Waals surface area (Å²) in [5.74, 6) is -2.68. The highest BCUT2D eigenvalue weighted by atomic mass is 35.7. The third-order valence-corrected chi connectivity index (χ3v) is 3.10. The standard InChI is InChI=1S/C9H9ClF2O3S/c1-15-9-7(11)3-2-6(8(9)12)4-5-16(10,13)14/h2-3H,4-5H2,1H3. The molecule has 90 valence electrons. The summed E-state index contributed by atoms with van der Waals surface area (Å²) in [6.45, 7) is 0. The Morgan fingerprint density at radius 3 is 2.50 bits per heavy atom. The minimum atomic E-state index is -3.70. The number of benzene rings is 1. The molecule has 0 aliphatic heterocycles. The van der Waals surface area contributed by atoms with Crippen LogP contribution in [0.2, 0.25) is 0 Å². The Hall–Kier alpha value is -0.880. The zero-order valence-corrected chi connectivity index (χ0v) is 9.91. The van der Waals surface area contributed by atoms with E-state index < -0.39 is 32.2 Å². The molecule has 1 aromatic rings. The van der Waals surface area contributed by atoms with Crippen molar-refractivity contribution in [1.82, 2.24) is 0 Å². The van der Waals surface area contributed by atoms with E-state index in [1.807, 2.05) is 0 Å². The topological polar surface area (TPSA) is 43.4 Å². The summed E-state index contributed by atoms with van der Waals surface area (Å²) in [5, 5.41) is 0. The first-order valence-corrected chi connectivity index (χ1v) is 6.76. The molecule has 1 aromatic carbocycles. The van der Waals surface area contributed by atoms with Gasteiger partial charge in [-0.3, -0.25) is 0 Å². The molecule has 0 fully saturated rings. The zero-order valence-electron chi connectivity index (χ0n) is 8.34. The van der Waals surface area contributed by atoms with Crippen molar-refractivity contribution in [2.75, 3.05) is 12.9 Å². The molecule has 0 atom stereocenters. The number of hydrogen-bond donors (Lipinski definition) is 0. The average Bonchev–Trinajstić information content (AvgIpc) is 2.16. The molecule has 0 bridgehead atoms. The van der Waals surface area contributed by atoms with Crippen LogP contribution < -0.4 is 4.74 Å². The van der Waals surface area contributed by atoms with Crippen molar-refractivity contribution in [1.29, 1.82) is 0 Å². The van der Waals surface area contributed by atoms with Crippen LogP contribution in [-0.2, 0) is 15.5 Å². The highest BCUT2D eigenvalue weighted by Crippen LogP contribution is 2.24. The van der Waals surface area contributed by atoms with Crippen LogP contribution in [0.4, 0.5) is 8.78 Å². The highest BCUT2D eigenvalue weighted by molar-refractivity contribution is 8.13. The molecule has 7 heteroatoms. The molecule has 0 heterocycles. The van der Waals surface area contributed by atoms with Crippen LogP contribution >= 0.6 is 10.7 Å². The van der Waals surface area contributed by atoms with E-state index in [1.54, 1.807) is 0 Å². The first-order chi connectivity index (χ1) is 7.35. The molecule has 0 saturated heterocycles. The second-order valence-electron chi connectivity index (χ2n) is 3.05. The number of halogens is 3. The van der Waals surface area contributed by atoms with Gasteiger partial charge in [0.1, 0.15) is 0 Å². The maximum Gasteiger partial charge on any atom is 0.232 e. The van der Waals surface area contributed by atoms with Gasteiger partial charge in [0.15, 0.2) is 17.4 Å². The van der Waals surface area contributed by atoms with Crippen molar-refractivity contribution >= 4 is 19.7 Å². The van der Waals surface area contributed by atoms with Gasteiger partial charge >= 0.3 is 0 Å². The molecule has 0 aromatic heterocycles. The monoisotopic (exact) mass is 270 g/mol. The van der Waals surface area contributed by atoms with Crippen molar-refractivity contribution in [3.8, 4) is 5.75 Å². The van der Waals surface area contributed by atoms with E-state index in [0.717, 1.165) is 19.2 Å². The van der Waals surface area contributed by atoms with Gasteiger partial charge in [-0.2, -0.15) is 0 Å². The van der Waals surface area contributed by atoms with Gasteiger partial charge in [-0.15, -0.1) is 0 Å². The number of aryl methyl sites for hydroxylation is 1. The van der Waals surface area contributed by atoms with Crippen molar-refractivity contribution in [2.24, 2.45) is 0 Å². The van der Waals surface area contributed by atoms with Crippen LogP contribution in [-0.4, -0.2) is 21.3 Å². The van der Waals surface area contributed by atoms with Gasteiger partial charge < -0.3 is 4.74 Å². The molecule has 0 unspecified atom stereocenters. The number of hydrogen-bond acceptors (Lipinski definition) is 3. The molecule has 0 amide bonds. The summed E-state index contributed by atoms with van der Waals surface area (Å²) < 4.78 is 52.4.